The molecule has 2 N–H and O–H groups in total. The van der Waals surface area contributed by atoms with E-state index in [1.807, 2.05) is 0 Å². The van der Waals surface area contributed by atoms with Crippen molar-refractivity contribution in [2.24, 2.45) is 0 Å². The third kappa shape index (κ3) is 3.66. The van der Waals surface area contributed by atoms with E-state index in [1.54, 1.807) is 13.8 Å². The molecule has 5 heteroatoms. The highest BCUT2D eigenvalue weighted by Gasteiger charge is 2.14. The maximum atomic E-state index is 11.7. The molecule has 0 spiro atoms. The molecule has 0 unspecified atom stereocenters. The Hall–Kier alpha value is -1.36. The topological polar surface area (TPSA) is 67.2 Å². The van der Waals surface area contributed by atoms with Crippen LogP contribution in [0.3, 0.4) is 0 Å². The van der Waals surface area contributed by atoms with E-state index < -0.39 is 0 Å². The highest BCUT2D eigenvalue weighted by molar-refractivity contribution is 5.92. The van der Waals surface area contributed by atoms with E-state index in [0.717, 1.165) is 6.54 Å². The standard InChI is InChI=1S/C11H19N3O2/c1-7(2)12-5-6-13-11(15)10-8(3)14-9(4)16-10/h7,12H,5-6H2,1-4H3,(H,13,15). The van der Waals surface area contributed by atoms with Gasteiger partial charge in [-0.3, -0.25) is 4.79 Å². The quantitative estimate of drug-likeness (QED) is 0.734. The monoisotopic (exact) mass is 225 g/mol. The van der Waals surface area contributed by atoms with Gasteiger partial charge in [0.15, 0.2) is 5.89 Å². The molecule has 0 aliphatic carbocycles. The second kappa shape index (κ2) is 5.65. The van der Waals surface area contributed by atoms with E-state index in [2.05, 4.69) is 29.5 Å². The van der Waals surface area contributed by atoms with Crippen LogP contribution in [0.4, 0.5) is 0 Å². The van der Waals surface area contributed by atoms with Gasteiger partial charge in [-0.2, -0.15) is 0 Å². The summed E-state index contributed by atoms with van der Waals surface area (Å²) in [5.74, 6) is 0.619. The van der Waals surface area contributed by atoms with Gasteiger partial charge < -0.3 is 15.1 Å². The van der Waals surface area contributed by atoms with E-state index in [9.17, 15) is 4.79 Å². The number of oxazole rings is 1. The molecule has 0 atom stereocenters. The minimum absolute atomic E-state index is 0.205. The van der Waals surface area contributed by atoms with Crippen molar-refractivity contribution in [3.05, 3.63) is 17.3 Å². The summed E-state index contributed by atoms with van der Waals surface area (Å²) >= 11 is 0. The summed E-state index contributed by atoms with van der Waals surface area (Å²) in [5.41, 5.74) is 0.631. The summed E-state index contributed by atoms with van der Waals surface area (Å²) < 4.78 is 5.21. The first-order valence-electron chi connectivity index (χ1n) is 5.46. The molecule has 0 aromatic carbocycles. The number of rotatable bonds is 5. The average molecular weight is 225 g/mol. The largest absolute Gasteiger partial charge is 0.436 e. The zero-order chi connectivity index (χ0) is 12.1. The molecular weight excluding hydrogens is 206 g/mol. The van der Waals surface area contributed by atoms with E-state index >= 15 is 0 Å². The molecule has 1 rings (SSSR count). The summed E-state index contributed by atoms with van der Waals surface area (Å²) in [6.07, 6.45) is 0. The Labute approximate surface area is 95.6 Å². The Kier molecular flexibility index (Phi) is 4.49. The summed E-state index contributed by atoms with van der Waals surface area (Å²) in [4.78, 5) is 15.7. The normalized spacial score (nSPS) is 10.8. The number of nitrogens with zero attached hydrogens (tertiary/aromatic N) is 1. The zero-order valence-corrected chi connectivity index (χ0v) is 10.3. The minimum atomic E-state index is -0.205. The van der Waals surface area contributed by atoms with Crippen LogP contribution in [0.15, 0.2) is 4.42 Å². The number of amides is 1. The lowest BCUT2D eigenvalue weighted by Gasteiger charge is -2.08. The molecule has 0 saturated carbocycles. The molecular formula is C11H19N3O2. The molecule has 90 valence electrons. The van der Waals surface area contributed by atoms with Gasteiger partial charge in [0.25, 0.3) is 5.91 Å². The highest BCUT2D eigenvalue weighted by atomic mass is 16.4. The molecule has 1 heterocycles. The predicted molar refractivity (Wildman–Crippen MR) is 61.4 cm³/mol. The lowest BCUT2D eigenvalue weighted by Crippen LogP contribution is -2.34. The molecule has 0 aliphatic heterocycles. The molecule has 1 aromatic rings. The van der Waals surface area contributed by atoms with Gasteiger partial charge in [0.2, 0.25) is 5.76 Å². The Morgan fingerprint density at radius 3 is 2.56 bits per heavy atom. The Morgan fingerprint density at radius 2 is 2.06 bits per heavy atom. The number of aryl methyl sites for hydroxylation is 2. The predicted octanol–water partition coefficient (Wildman–Crippen LogP) is 1.02. The number of carbonyl (C=O) groups is 1. The van der Waals surface area contributed by atoms with Crippen molar-refractivity contribution in [3.8, 4) is 0 Å². The highest BCUT2D eigenvalue weighted by Crippen LogP contribution is 2.08. The van der Waals surface area contributed by atoms with Crippen LogP contribution in [0.1, 0.15) is 36.0 Å². The van der Waals surface area contributed by atoms with Crippen molar-refractivity contribution in [2.75, 3.05) is 13.1 Å². The van der Waals surface area contributed by atoms with Crippen molar-refractivity contribution in [1.29, 1.82) is 0 Å². The van der Waals surface area contributed by atoms with Crippen molar-refractivity contribution < 1.29 is 9.21 Å². The van der Waals surface area contributed by atoms with Gasteiger partial charge in [-0.15, -0.1) is 0 Å². The second-order valence-electron chi connectivity index (χ2n) is 4.01. The van der Waals surface area contributed by atoms with E-state index in [1.165, 1.54) is 0 Å². The van der Waals surface area contributed by atoms with Gasteiger partial charge in [0.05, 0.1) is 5.69 Å². The molecule has 0 radical (unpaired) electrons. The lowest BCUT2D eigenvalue weighted by molar-refractivity contribution is 0.0924. The number of carbonyl (C=O) groups excluding carboxylic acids is 1. The van der Waals surface area contributed by atoms with Crippen LogP contribution >= 0.6 is 0 Å². The molecule has 1 amide bonds. The van der Waals surface area contributed by atoms with Crippen LogP contribution in [-0.4, -0.2) is 30.0 Å². The Balaban J connectivity index is 2.38. The summed E-state index contributed by atoms with van der Waals surface area (Å²) in [6.45, 7) is 8.94. The fourth-order valence-corrected chi connectivity index (χ4v) is 1.36. The van der Waals surface area contributed by atoms with Crippen molar-refractivity contribution >= 4 is 5.91 Å². The van der Waals surface area contributed by atoms with Crippen LogP contribution in [0, 0.1) is 13.8 Å². The molecule has 0 aliphatic rings. The van der Waals surface area contributed by atoms with Gasteiger partial charge in [-0.25, -0.2) is 4.98 Å². The number of nitrogens with one attached hydrogen (secondary N) is 2. The first-order chi connectivity index (χ1) is 7.50. The number of aromatic nitrogens is 1. The van der Waals surface area contributed by atoms with Crippen LogP contribution in [-0.2, 0) is 0 Å². The van der Waals surface area contributed by atoms with Crippen LogP contribution in [0.5, 0.6) is 0 Å². The molecule has 0 saturated heterocycles. The first kappa shape index (κ1) is 12.7. The summed E-state index contributed by atoms with van der Waals surface area (Å²) in [7, 11) is 0. The van der Waals surface area contributed by atoms with E-state index in [-0.39, 0.29) is 5.91 Å². The second-order valence-corrected chi connectivity index (χ2v) is 4.01. The average Bonchev–Trinajstić information content (AvgIpc) is 2.52. The van der Waals surface area contributed by atoms with Gasteiger partial charge in [0.1, 0.15) is 0 Å². The Morgan fingerprint density at radius 1 is 1.38 bits per heavy atom. The third-order valence-corrected chi connectivity index (χ3v) is 2.07. The fourth-order valence-electron chi connectivity index (χ4n) is 1.36. The lowest BCUT2D eigenvalue weighted by atomic mass is 10.3. The van der Waals surface area contributed by atoms with Gasteiger partial charge in [0, 0.05) is 26.1 Å². The fraction of sp³-hybridized carbons (Fsp3) is 0.636. The zero-order valence-electron chi connectivity index (χ0n) is 10.3. The van der Waals surface area contributed by atoms with Crippen molar-refractivity contribution in [2.45, 2.75) is 33.7 Å². The smallest absolute Gasteiger partial charge is 0.289 e. The number of hydrogen-bond donors (Lipinski definition) is 2. The van der Waals surface area contributed by atoms with Crippen LogP contribution in [0.25, 0.3) is 0 Å². The molecule has 0 bridgehead atoms. The van der Waals surface area contributed by atoms with Gasteiger partial charge in [-0.1, -0.05) is 13.8 Å². The minimum Gasteiger partial charge on any atom is -0.436 e. The summed E-state index contributed by atoms with van der Waals surface area (Å²) in [6, 6.07) is 0.422. The number of hydrogen-bond acceptors (Lipinski definition) is 4. The van der Waals surface area contributed by atoms with E-state index in [0.29, 0.717) is 29.9 Å². The van der Waals surface area contributed by atoms with Crippen molar-refractivity contribution in [1.82, 2.24) is 15.6 Å². The van der Waals surface area contributed by atoms with Gasteiger partial charge in [-0.05, 0) is 6.92 Å². The Bertz CT molecular complexity index is 358. The molecule has 16 heavy (non-hydrogen) atoms. The third-order valence-electron chi connectivity index (χ3n) is 2.07. The SMILES string of the molecule is Cc1nc(C)c(C(=O)NCCNC(C)C)o1. The van der Waals surface area contributed by atoms with Gasteiger partial charge >= 0.3 is 0 Å². The molecule has 1 aromatic heterocycles. The van der Waals surface area contributed by atoms with Crippen LogP contribution < -0.4 is 10.6 Å². The van der Waals surface area contributed by atoms with E-state index in [4.69, 9.17) is 4.42 Å². The van der Waals surface area contributed by atoms with Crippen molar-refractivity contribution in [3.63, 3.8) is 0 Å². The first-order valence-corrected chi connectivity index (χ1v) is 5.46. The van der Waals surface area contributed by atoms with Crippen LogP contribution in [0.2, 0.25) is 0 Å². The summed E-state index contributed by atoms with van der Waals surface area (Å²) in [5, 5.41) is 5.98. The maximum Gasteiger partial charge on any atom is 0.289 e. The molecule has 0 fully saturated rings. The molecule has 5 nitrogen and oxygen atoms in total. The maximum absolute atomic E-state index is 11.7.